The average molecular weight is 292 g/mol. The highest BCUT2D eigenvalue weighted by molar-refractivity contribution is 5.93. The fraction of sp³-hybridized carbons (Fsp3) is 0.467. The van der Waals surface area contributed by atoms with E-state index >= 15 is 0 Å². The van der Waals surface area contributed by atoms with Crippen molar-refractivity contribution >= 4 is 17.6 Å². The van der Waals surface area contributed by atoms with Crippen molar-refractivity contribution in [2.75, 3.05) is 25.5 Å². The summed E-state index contributed by atoms with van der Waals surface area (Å²) in [4.78, 5) is 15.6. The number of hydrogen-bond acceptors (Lipinski definition) is 3. The van der Waals surface area contributed by atoms with E-state index in [1.165, 1.54) is 0 Å². The number of guanidine groups is 1. The third-order valence-electron chi connectivity index (χ3n) is 2.80. The van der Waals surface area contributed by atoms with Gasteiger partial charge in [0.1, 0.15) is 0 Å². The number of benzene rings is 1. The van der Waals surface area contributed by atoms with E-state index in [0.29, 0.717) is 25.7 Å². The van der Waals surface area contributed by atoms with Crippen LogP contribution in [0.25, 0.3) is 0 Å². The largest absolute Gasteiger partial charge is 0.380 e. The van der Waals surface area contributed by atoms with E-state index in [4.69, 9.17) is 10.5 Å². The number of carbonyl (C=O) groups is 1. The maximum Gasteiger partial charge on any atom is 0.222 e. The molecule has 0 saturated carbocycles. The van der Waals surface area contributed by atoms with E-state index in [-0.39, 0.29) is 11.8 Å². The molecule has 1 aromatic carbocycles. The second kappa shape index (κ2) is 8.97. The fourth-order valence-electron chi connectivity index (χ4n) is 1.66. The van der Waals surface area contributed by atoms with Crippen LogP contribution < -0.4 is 16.4 Å². The zero-order valence-corrected chi connectivity index (χ0v) is 12.8. The van der Waals surface area contributed by atoms with Crippen LogP contribution in [0.1, 0.15) is 19.4 Å². The number of para-hydroxylation sites is 1. The number of anilines is 1. The molecule has 0 aliphatic carbocycles. The first-order valence-electron chi connectivity index (χ1n) is 6.96. The number of methoxy groups -OCH3 is 1. The Kier molecular flexibility index (Phi) is 7.25. The molecule has 0 aliphatic heterocycles. The zero-order chi connectivity index (χ0) is 15.7. The monoisotopic (exact) mass is 292 g/mol. The Bertz CT molecular complexity index is 486. The molecule has 0 heterocycles. The summed E-state index contributed by atoms with van der Waals surface area (Å²) in [6, 6.07) is 7.73. The minimum absolute atomic E-state index is 0.0159. The van der Waals surface area contributed by atoms with Gasteiger partial charge >= 0.3 is 0 Å². The number of aliphatic imine (C=N–C) groups is 1. The van der Waals surface area contributed by atoms with Crippen LogP contribution in [0.15, 0.2) is 29.3 Å². The molecule has 0 bridgehead atoms. The molecule has 0 radical (unpaired) electrons. The lowest BCUT2D eigenvalue weighted by molar-refractivity contribution is -0.123. The third kappa shape index (κ3) is 6.27. The molecule has 0 aliphatic rings. The smallest absolute Gasteiger partial charge is 0.222 e. The van der Waals surface area contributed by atoms with Gasteiger partial charge in [-0.3, -0.25) is 9.79 Å². The second-order valence-electron chi connectivity index (χ2n) is 4.93. The lowest BCUT2D eigenvalue weighted by Gasteiger charge is -2.11. The van der Waals surface area contributed by atoms with Gasteiger partial charge in [0.05, 0.1) is 13.2 Å². The van der Waals surface area contributed by atoms with E-state index in [1.807, 2.05) is 38.1 Å². The Morgan fingerprint density at radius 2 is 2.10 bits per heavy atom. The summed E-state index contributed by atoms with van der Waals surface area (Å²) < 4.78 is 5.13. The second-order valence-corrected chi connectivity index (χ2v) is 4.93. The van der Waals surface area contributed by atoms with Crippen molar-refractivity contribution in [2.45, 2.75) is 20.5 Å². The number of hydrogen-bond donors (Lipinski definition) is 3. The predicted molar refractivity (Wildman–Crippen MR) is 85.1 cm³/mol. The molecule has 0 aromatic heterocycles. The Morgan fingerprint density at radius 3 is 2.76 bits per heavy atom. The first-order chi connectivity index (χ1) is 10.0. The van der Waals surface area contributed by atoms with E-state index in [1.54, 1.807) is 7.11 Å². The van der Waals surface area contributed by atoms with Crippen LogP contribution in [0.5, 0.6) is 0 Å². The third-order valence-corrected chi connectivity index (χ3v) is 2.80. The summed E-state index contributed by atoms with van der Waals surface area (Å²) in [5.74, 6) is 0.310. The van der Waals surface area contributed by atoms with Crippen molar-refractivity contribution in [2.24, 2.45) is 16.6 Å². The van der Waals surface area contributed by atoms with Gasteiger partial charge in [-0.05, 0) is 6.07 Å². The van der Waals surface area contributed by atoms with Gasteiger partial charge in [-0.1, -0.05) is 32.0 Å². The van der Waals surface area contributed by atoms with Gasteiger partial charge in [0.25, 0.3) is 0 Å². The minimum Gasteiger partial charge on any atom is -0.380 e. The molecule has 0 unspecified atom stereocenters. The van der Waals surface area contributed by atoms with Crippen molar-refractivity contribution in [1.82, 2.24) is 5.32 Å². The highest BCUT2D eigenvalue weighted by Crippen LogP contribution is 2.15. The molecule has 116 valence electrons. The first kappa shape index (κ1) is 17.0. The van der Waals surface area contributed by atoms with E-state index < -0.39 is 0 Å². The zero-order valence-electron chi connectivity index (χ0n) is 12.8. The summed E-state index contributed by atoms with van der Waals surface area (Å²) in [5, 5.41) is 5.82. The highest BCUT2D eigenvalue weighted by Gasteiger charge is 2.05. The molecule has 1 amide bonds. The van der Waals surface area contributed by atoms with Gasteiger partial charge in [0.15, 0.2) is 5.96 Å². The topological polar surface area (TPSA) is 88.7 Å². The van der Waals surface area contributed by atoms with E-state index in [0.717, 1.165) is 11.3 Å². The summed E-state index contributed by atoms with van der Waals surface area (Å²) in [5.41, 5.74) is 7.71. The Labute approximate surface area is 125 Å². The lowest BCUT2D eigenvalue weighted by Crippen LogP contribution is -2.31. The van der Waals surface area contributed by atoms with Crippen molar-refractivity contribution < 1.29 is 9.53 Å². The maximum atomic E-state index is 11.4. The molecular weight excluding hydrogens is 268 g/mol. The molecule has 1 rings (SSSR count). The van der Waals surface area contributed by atoms with Crippen LogP contribution in [0.3, 0.4) is 0 Å². The molecule has 0 saturated heterocycles. The number of amides is 1. The lowest BCUT2D eigenvalue weighted by atomic mass is 10.2. The van der Waals surface area contributed by atoms with Crippen molar-refractivity contribution in [3.8, 4) is 0 Å². The normalized spacial score (nSPS) is 11.5. The minimum atomic E-state index is -0.0228. The predicted octanol–water partition coefficient (Wildman–Crippen LogP) is 1.33. The molecule has 6 nitrogen and oxygen atoms in total. The van der Waals surface area contributed by atoms with Crippen LogP contribution >= 0.6 is 0 Å². The van der Waals surface area contributed by atoms with Crippen LogP contribution in [-0.2, 0) is 16.1 Å². The summed E-state index contributed by atoms with van der Waals surface area (Å²) >= 11 is 0. The molecule has 4 N–H and O–H groups in total. The van der Waals surface area contributed by atoms with Crippen molar-refractivity contribution in [1.29, 1.82) is 0 Å². The summed E-state index contributed by atoms with van der Waals surface area (Å²) in [6.45, 7) is 5.10. The molecule has 0 atom stereocenters. The Balaban J connectivity index is 2.47. The number of nitrogens with one attached hydrogen (secondary N) is 2. The van der Waals surface area contributed by atoms with Gasteiger partial charge in [0, 0.05) is 30.8 Å². The van der Waals surface area contributed by atoms with Gasteiger partial charge in [-0.15, -0.1) is 0 Å². The van der Waals surface area contributed by atoms with Crippen molar-refractivity contribution in [3.63, 3.8) is 0 Å². The fourth-order valence-corrected chi connectivity index (χ4v) is 1.66. The van der Waals surface area contributed by atoms with Gasteiger partial charge < -0.3 is 21.1 Å². The number of ether oxygens (including phenoxy) is 1. The van der Waals surface area contributed by atoms with Crippen LogP contribution in [0.4, 0.5) is 5.69 Å². The standard InChI is InChI=1S/C15H24N4O2/c1-11(2)14(20)17-8-9-18-15(16)19-13-7-5-4-6-12(13)10-21-3/h4-7,11H,8-10H2,1-3H3,(H,17,20)(H3,16,18,19). The van der Waals surface area contributed by atoms with Crippen LogP contribution in [0.2, 0.25) is 0 Å². The quantitative estimate of drug-likeness (QED) is 0.402. The van der Waals surface area contributed by atoms with Gasteiger partial charge in [0.2, 0.25) is 5.91 Å². The Hall–Kier alpha value is -2.08. The highest BCUT2D eigenvalue weighted by atomic mass is 16.5. The summed E-state index contributed by atoms with van der Waals surface area (Å²) in [6.07, 6.45) is 0. The summed E-state index contributed by atoms with van der Waals surface area (Å²) in [7, 11) is 1.64. The average Bonchev–Trinajstić information content (AvgIpc) is 2.45. The molecule has 6 heteroatoms. The van der Waals surface area contributed by atoms with Crippen LogP contribution in [0, 0.1) is 5.92 Å². The van der Waals surface area contributed by atoms with Crippen LogP contribution in [-0.4, -0.2) is 32.1 Å². The van der Waals surface area contributed by atoms with Crippen molar-refractivity contribution in [3.05, 3.63) is 29.8 Å². The molecule has 1 aromatic rings. The maximum absolute atomic E-state index is 11.4. The number of rotatable bonds is 7. The first-order valence-corrected chi connectivity index (χ1v) is 6.96. The van der Waals surface area contributed by atoms with Gasteiger partial charge in [-0.2, -0.15) is 0 Å². The SMILES string of the molecule is COCc1ccccc1NC(N)=NCCNC(=O)C(C)C. The molecular formula is C15H24N4O2. The molecule has 21 heavy (non-hydrogen) atoms. The van der Waals surface area contributed by atoms with E-state index in [2.05, 4.69) is 15.6 Å². The number of nitrogens with zero attached hydrogens (tertiary/aromatic N) is 1. The van der Waals surface area contributed by atoms with Gasteiger partial charge in [-0.25, -0.2) is 0 Å². The molecule has 0 fully saturated rings. The molecule has 0 spiro atoms. The Morgan fingerprint density at radius 1 is 1.38 bits per heavy atom. The number of nitrogens with two attached hydrogens (primary N) is 1. The number of carbonyl (C=O) groups excluding carboxylic acids is 1. The van der Waals surface area contributed by atoms with E-state index in [9.17, 15) is 4.79 Å².